The van der Waals surface area contributed by atoms with Crippen molar-refractivity contribution in [1.29, 1.82) is 0 Å². The lowest BCUT2D eigenvalue weighted by Crippen LogP contribution is -2.26. The number of benzene rings is 1. The van der Waals surface area contributed by atoms with E-state index in [4.69, 9.17) is 14.2 Å². The van der Waals surface area contributed by atoms with Crippen molar-refractivity contribution in [2.24, 2.45) is 0 Å². The molecule has 5 heteroatoms. The Morgan fingerprint density at radius 3 is 2.70 bits per heavy atom. The maximum absolute atomic E-state index is 12.1. The van der Waals surface area contributed by atoms with E-state index in [-0.39, 0.29) is 12.1 Å². The molecule has 0 fully saturated rings. The summed E-state index contributed by atoms with van der Waals surface area (Å²) in [5.74, 6) is 0.0373. The van der Waals surface area contributed by atoms with Gasteiger partial charge in [-0.1, -0.05) is 18.2 Å². The number of hydrogen-bond donors (Lipinski definition) is 0. The second-order valence-electron chi connectivity index (χ2n) is 5.45. The SMILES string of the molecule is COC(=O)C1c2ncccc2CC1OCc1ccc(OC)cc1. The number of aromatic nitrogens is 1. The number of fused-ring (bicyclic) bond motifs is 1. The van der Waals surface area contributed by atoms with Crippen LogP contribution in [0.15, 0.2) is 42.6 Å². The molecule has 1 aromatic carbocycles. The largest absolute Gasteiger partial charge is 0.497 e. The Labute approximate surface area is 135 Å². The molecule has 0 amide bonds. The molecule has 0 saturated carbocycles. The molecule has 23 heavy (non-hydrogen) atoms. The smallest absolute Gasteiger partial charge is 0.317 e. The molecule has 1 aliphatic rings. The summed E-state index contributed by atoms with van der Waals surface area (Å²) in [6.45, 7) is 0.427. The Bertz CT molecular complexity index is 684. The predicted molar refractivity (Wildman–Crippen MR) is 84.3 cm³/mol. The topological polar surface area (TPSA) is 57.7 Å². The van der Waals surface area contributed by atoms with E-state index in [9.17, 15) is 4.79 Å². The molecule has 0 bridgehead atoms. The monoisotopic (exact) mass is 313 g/mol. The van der Waals surface area contributed by atoms with Gasteiger partial charge in [0.15, 0.2) is 0 Å². The van der Waals surface area contributed by atoms with Gasteiger partial charge in [0.2, 0.25) is 0 Å². The molecule has 1 heterocycles. The number of hydrogen-bond acceptors (Lipinski definition) is 5. The Morgan fingerprint density at radius 1 is 1.22 bits per heavy atom. The first-order chi connectivity index (χ1) is 11.2. The first kappa shape index (κ1) is 15.5. The summed E-state index contributed by atoms with van der Waals surface area (Å²) in [5.41, 5.74) is 2.83. The fraction of sp³-hybridized carbons (Fsp3) is 0.333. The van der Waals surface area contributed by atoms with Crippen LogP contribution >= 0.6 is 0 Å². The number of methoxy groups -OCH3 is 2. The van der Waals surface area contributed by atoms with E-state index < -0.39 is 5.92 Å². The summed E-state index contributed by atoms with van der Waals surface area (Å²) in [4.78, 5) is 16.5. The quantitative estimate of drug-likeness (QED) is 0.794. The molecule has 1 aliphatic carbocycles. The molecule has 0 spiro atoms. The van der Waals surface area contributed by atoms with Gasteiger partial charge in [-0.3, -0.25) is 9.78 Å². The third-order valence-electron chi connectivity index (χ3n) is 4.09. The van der Waals surface area contributed by atoms with Crippen LogP contribution in [0.5, 0.6) is 5.75 Å². The van der Waals surface area contributed by atoms with Gasteiger partial charge in [0.05, 0.1) is 32.6 Å². The third-order valence-corrected chi connectivity index (χ3v) is 4.09. The molecule has 3 rings (SSSR count). The molecule has 0 N–H and O–H groups in total. The highest BCUT2D eigenvalue weighted by molar-refractivity contribution is 5.80. The molecule has 2 aromatic rings. The molecule has 2 unspecified atom stereocenters. The van der Waals surface area contributed by atoms with E-state index in [1.54, 1.807) is 13.3 Å². The minimum atomic E-state index is -0.463. The van der Waals surface area contributed by atoms with Gasteiger partial charge in [-0.25, -0.2) is 0 Å². The molecular weight excluding hydrogens is 294 g/mol. The second kappa shape index (κ2) is 6.79. The van der Waals surface area contributed by atoms with Gasteiger partial charge in [-0.2, -0.15) is 0 Å². The average molecular weight is 313 g/mol. The lowest BCUT2D eigenvalue weighted by Gasteiger charge is -2.18. The Hall–Kier alpha value is -2.40. The van der Waals surface area contributed by atoms with E-state index in [2.05, 4.69) is 4.98 Å². The minimum absolute atomic E-state index is 0.255. The molecule has 5 nitrogen and oxygen atoms in total. The fourth-order valence-corrected chi connectivity index (χ4v) is 2.88. The van der Waals surface area contributed by atoms with Crippen LogP contribution in [0.2, 0.25) is 0 Å². The third kappa shape index (κ3) is 3.19. The highest BCUT2D eigenvalue weighted by Crippen LogP contribution is 2.35. The van der Waals surface area contributed by atoms with Crippen molar-refractivity contribution in [3.05, 3.63) is 59.4 Å². The van der Waals surface area contributed by atoms with Crippen LogP contribution in [0.3, 0.4) is 0 Å². The lowest BCUT2D eigenvalue weighted by atomic mass is 10.0. The summed E-state index contributed by atoms with van der Waals surface area (Å²) in [5, 5.41) is 0. The molecule has 1 aromatic heterocycles. The van der Waals surface area contributed by atoms with Crippen LogP contribution in [0.1, 0.15) is 22.7 Å². The van der Waals surface area contributed by atoms with Crippen LogP contribution in [0, 0.1) is 0 Å². The number of carbonyl (C=O) groups is 1. The van der Waals surface area contributed by atoms with Gasteiger partial charge in [0.25, 0.3) is 0 Å². The van der Waals surface area contributed by atoms with E-state index in [1.807, 2.05) is 36.4 Å². The zero-order chi connectivity index (χ0) is 16.2. The fourth-order valence-electron chi connectivity index (χ4n) is 2.88. The maximum atomic E-state index is 12.1. The van der Waals surface area contributed by atoms with Crippen LogP contribution in [0.4, 0.5) is 0 Å². The van der Waals surface area contributed by atoms with Gasteiger partial charge >= 0.3 is 5.97 Å². The first-order valence-corrected chi connectivity index (χ1v) is 7.49. The van der Waals surface area contributed by atoms with Gasteiger partial charge < -0.3 is 14.2 Å². The van der Waals surface area contributed by atoms with Crippen molar-refractivity contribution in [2.75, 3.05) is 14.2 Å². The highest BCUT2D eigenvalue weighted by Gasteiger charge is 2.40. The molecule has 120 valence electrons. The number of carbonyl (C=O) groups excluding carboxylic acids is 1. The van der Waals surface area contributed by atoms with Crippen molar-refractivity contribution in [3.8, 4) is 5.75 Å². The van der Waals surface area contributed by atoms with Gasteiger partial charge in [0, 0.05) is 12.6 Å². The summed E-state index contributed by atoms with van der Waals surface area (Å²) < 4.78 is 16.1. The zero-order valence-corrected chi connectivity index (χ0v) is 13.2. The minimum Gasteiger partial charge on any atom is -0.497 e. The standard InChI is InChI=1S/C18H19NO4/c1-21-14-7-5-12(6-8-14)11-23-15-10-13-4-3-9-19-17(13)16(15)18(20)22-2/h3-9,15-16H,10-11H2,1-2H3. The van der Waals surface area contributed by atoms with Crippen molar-refractivity contribution in [3.63, 3.8) is 0 Å². The lowest BCUT2D eigenvalue weighted by molar-refractivity contribution is -0.146. The van der Waals surface area contributed by atoms with Crippen LogP contribution in [-0.2, 0) is 27.3 Å². The first-order valence-electron chi connectivity index (χ1n) is 7.49. The normalized spacial score (nSPS) is 19.2. The maximum Gasteiger partial charge on any atom is 0.317 e. The predicted octanol–water partition coefficient (Wildman–Crippen LogP) is 2.49. The second-order valence-corrected chi connectivity index (χ2v) is 5.45. The summed E-state index contributed by atoms with van der Waals surface area (Å²) in [6, 6.07) is 11.5. The summed E-state index contributed by atoms with van der Waals surface area (Å²) in [6.07, 6.45) is 2.11. The van der Waals surface area contributed by atoms with Gasteiger partial charge in [0.1, 0.15) is 11.7 Å². The number of esters is 1. The number of ether oxygens (including phenoxy) is 3. The van der Waals surface area contributed by atoms with E-state index in [0.29, 0.717) is 13.0 Å². The van der Waals surface area contributed by atoms with Gasteiger partial charge in [-0.15, -0.1) is 0 Å². The van der Waals surface area contributed by atoms with Crippen LogP contribution < -0.4 is 4.74 Å². The van der Waals surface area contributed by atoms with E-state index in [0.717, 1.165) is 22.6 Å². The average Bonchev–Trinajstić information content (AvgIpc) is 2.98. The highest BCUT2D eigenvalue weighted by atomic mass is 16.5. The van der Waals surface area contributed by atoms with E-state index >= 15 is 0 Å². The van der Waals surface area contributed by atoms with Crippen molar-refractivity contribution in [2.45, 2.75) is 25.0 Å². The Kier molecular flexibility index (Phi) is 4.57. The summed E-state index contributed by atoms with van der Waals surface area (Å²) in [7, 11) is 3.03. The molecule has 0 aliphatic heterocycles. The molecule has 0 radical (unpaired) electrons. The van der Waals surface area contributed by atoms with E-state index in [1.165, 1.54) is 7.11 Å². The molecule has 0 saturated heterocycles. The van der Waals surface area contributed by atoms with Crippen LogP contribution in [0.25, 0.3) is 0 Å². The Balaban J connectivity index is 1.72. The van der Waals surface area contributed by atoms with Gasteiger partial charge in [-0.05, 0) is 29.3 Å². The van der Waals surface area contributed by atoms with Crippen LogP contribution in [-0.4, -0.2) is 31.3 Å². The number of pyridine rings is 1. The molecule has 2 atom stereocenters. The van der Waals surface area contributed by atoms with Crippen molar-refractivity contribution >= 4 is 5.97 Å². The van der Waals surface area contributed by atoms with Crippen molar-refractivity contribution in [1.82, 2.24) is 4.98 Å². The number of nitrogens with zero attached hydrogens (tertiary/aromatic N) is 1. The Morgan fingerprint density at radius 2 is 2.00 bits per heavy atom. The zero-order valence-electron chi connectivity index (χ0n) is 13.2. The molecular formula is C18H19NO4. The number of rotatable bonds is 5. The van der Waals surface area contributed by atoms with Crippen molar-refractivity contribution < 1.29 is 19.0 Å². The summed E-state index contributed by atoms with van der Waals surface area (Å²) >= 11 is 0.